The van der Waals surface area contributed by atoms with E-state index < -0.39 is 0 Å². The molecule has 10 aromatic carbocycles. The van der Waals surface area contributed by atoms with Crippen LogP contribution in [0.3, 0.4) is 0 Å². The van der Waals surface area contributed by atoms with E-state index in [0.717, 1.165) is 88.6 Å². The van der Waals surface area contributed by atoms with Crippen molar-refractivity contribution >= 4 is 43.6 Å². The number of fused-ring (bicyclic) bond motifs is 6. The van der Waals surface area contributed by atoms with E-state index in [9.17, 15) is 4.11 Å². The van der Waals surface area contributed by atoms with Crippen molar-refractivity contribution in [3.05, 3.63) is 243 Å². The summed E-state index contributed by atoms with van der Waals surface area (Å²) in [5.74, 6) is 0. The minimum absolute atomic E-state index is 0.0285. The lowest BCUT2D eigenvalue weighted by Crippen LogP contribution is -1.94. The molecule has 12 rings (SSSR count). The summed E-state index contributed by atoms with van der Waals surface area (Å²) >= 11 is 0. The summed E-state index contributed by atoms with van der Waals surface area (Å²) in [5, 5.41) is 3.65. The Morgan fingerprint density at radius 1 is 0.274 bits per heavy atom. The first-order valence-electron chi connectivity index (χ1n) is 22.6. The summed E-state index contributed by atoms with van der Waals surface area (Å²) in [5.41, 5.74) is 15.4. The number of benzene rings is 10. The maximum absolute atomic E-state index is 10.2. The first-order valence-corrected chi connectivity index (χ1v) is 21.1. The lowest BCUT2D eigenvalue weighted by molar-refractivity contribution is 1.18. The van der Waals surface area contributed by atoms with Gasteiger partial charge in [0.25, 0.3) is 0 Å². The Morgan fingerprint density at radius 2 is 0.726 bits per heavy atom. The fraction of sp³-hybridized carbons (Fsp3) is 0. The molecule has 62 heavy (non-hydrogen) atoms. The van der Waals surface area contributed by atoms with Crippen molar-refractivity contribution in [2.45, 2.75) is 0 Å². The molecular weight excluding hydrogens is 749 g/mol. The van der Waals surface area contributed by atoms with Crippen LogP contribution in [0.4, 0.5) is 0 Å². The van der Waals surface area contributed by atoms with Gasteiger partial charge in [-0.05, 0) is 116 Å². The highest BCUT2D eigenvalue weighted by molar-refractivity contribution is 6.17. The average Bonchev–Trinajstić information content (AvgIpc) is 3.90. The van der Waals surface area contributed by atoms with E-state index in [-0.39, 0.29) is 18.1 Å². The molecule has 0 aliphatic rings. The summed E-state index contributed by atoms with van der Waals surface area (Å²) in [6.07, 6.45) is 0. The van der Waals surface area contributed by atoms with Crippen LogP contribution in [0.5, 0.6) is 0 Å². The second kappa shape index (κ2) is 14.8. The number of rotatable bonds is 7. The topological polar surface area (TPSA) is 9.86 Å². The third-order valence-corrected chi connectivity index (χ3v) is 12.3. The molecule has 0 amide bonds. The van der Waals surface area contributed by atoms with Crippen molar-refractivity contribution in [2.24, 2.45) is 0 Å². The first-order chi connectivity index (χ1) is 32.0. The second-order valence-electron chi connectivity index (χ2n) is 15.9. The summed E-state index contributed by atoms with van der Waals surface area (Å²) in [4.78, 5) is 0. The molecular formula is C60H40N2. The van der Waals surface area contributed by atoms with Crippen molar-refractivity contribution < 1.29 is 4.11 Å². The van der Waals surface area contributed by atoms with Gasteiger partial charge in [-0.25, -0.2) is 0 Å². The van der Waals surface area contributed by atoms with Gasteiger partial charge < -0.3 is 9.13 Å². The summed E-state index contributed by atoms with van der Waals surface area (Å²) in [6.45, 7) is 0. The van der Waals surface area contributed by atoms with Crippen LogP contribution in [0.2, 0.25) is 0 Å². The standard InChI is InChI=1S/C60H40N2/c1-4-13-41(14-5-1)44-23-25-47(26-24-44)52-20-12-22-59-60(52)55-40-49(32-38-58(55)62(59)51-35-29-46(30-36-51)43-17-8-3-9-18-43)48-31-37-57-54(39-48)53-19-10-11-21-56(53)61(57)50-33-27-45(28-34-50)42-15-6-2-7-16-42/h1-40H/i32D,38D,40D. The average molecular weight is 792 g/mol. The Hall–Kier alpha value is -8.20. The highest BCUT2D eigenvalue weighted by Gasteiger charge is 2.19. The fourth-order valence-corrected chi connectivity index (χ4v) is 9.26. The normalized spacial score (nSPS) is 12.2. The first kappa shape index (κ1) is 32.6. The summed E-state index contributed by atoms with van der Waals surface area (Å²) in [7, 11) is 0. The molecule has 2 nitrogen and oxygen atoms in total. The van der Waals surface area contributed by atoms with Gasteiger partial charge in [0.05, 0.1) is 26.2 Å². The van der Waals surface area contributed by atoms with Gasteiger partial charge >= 0.3 is 0 Å². The van der Waals surface area contributed by atoms with E-state index in [1.54, 1.807) is 0 Å². The Bertz CT molecular complexity index is 3740. The van der Waals surface area contributed by atoms with Crippen LogP contribution in [0.1, 0.15) is 4.11 Å². The number of para-hydroxylation sites is 1. The Morgan fingerprint density at radius 3 is 1.32 bits per heavy atom. The van der Waals surface area contributed by atoms with Gasteiger partial charge in [0.15, 0.2) is 0 Å². The van der Waals surface area contributed by atoms with Gasteiger partial charge in [0, 0.05) is 32.9 Å². The predicted octanol–water partition coefficient (Wildman–Crippen LogP) is 16.2. The maximum Gasteiger partial charge on any atom is 0.0645 e. The third-order valence-electron chi connectivity index (χ3n) is 12.3. The molecule has 0 aliphatic heterocycles. The molecule has 2 heteroatoms. The SMILES string of the molecule is [2H]c1c(-c2ccc3c(c2)c2ccccc2n3-c2ccc(-c3ccccc3)cc2)c([2H])c2c3c(-c4ccc(-c5ccccc5)cc4)cccc3n(-c3ccc(-c4ccccc4)cc3)c2c1[2H]. The Balaban J connectivity index is 1.07. The third kappa shape index (κ3) is 6.04. The van der Waals surface area contributed by atoms with Gasteiger partial charge in [-0.15, -0.1) is 0 Å². The van der Waals surface area contributed by atoms with Crippen molar-refractivity contribution in [2.75, 3.05) is 0 Å². The predicted molar refractivity (Wildman–Crippen MR) is 262 cm³/mol. The molecule has 0 aliphatic carbocycles. The molecule has 2 heterocycles. The number of hydrogen-bond donors (Lipinski definition) is 0. The number of aromatic nitrogens is 2. The Labute approximate surface area is 365 Å². The van der Waals surface area contributed by atoms with E-state index >= 15 is 0 Å². The molecule has 0 unspecified atom stereocenters. The quantitative estimate of drug-likeness (QED) is 0.152. The monoisotopic (exact) mass is 791 g/mol. The molecule has 0 fully saturated rings. The van der Waals surface area contributed by atoms with Crippen LogP contribution >= 0.6 is 0 Å². The van der Waals surface area contributed by atoms with Gasteiger partial charge in [-0.1, -0.05) is 182 Å². The van der Waals surface area contributed by atoms with Crippen LogP contribution in [0.15, 0.2) is 243 Å². The molecule has 2 aromatic heterocycles. The molecule has 0 spiro atoms. The van der Waals surface area contributed by atoms with Crippen molar-refractivity contribution in [3.63, 3.8) is 0 Å². The molecule has 0 radical (unpaired) electrons. The van der Waals surface area contributed by atoms with E-state index in [2.05, 4.69) is 197 Å². The van der Waals surface area contributed by atoms with Crippen LogP contribution in [0.25, 0.3) is 111 Å². The molecule has 0 bridgehead atoms. The summed E-state index contributed by atoms with van der Waals surface area (Å²) in [6, 6.07) is 78.1. The summed E-state index contributed by atoms with van der Waals surface area (Å²) < 4.78 is 34.2. The highest BCUT2D eigenvalue weighted by atomic mass is 15.0. The lowest BCUT2D eigenvalue weighted by atomic mass is 9.95. The van der Waals surface area contributed by atoms with Crippen LogP contribution in [-0.2, 0) is 0 Å². The number of nitrogens with zero attached hydrogens (tertiary/aromatic N) is 2. The van der Waals surface area contributed by atoms with E-state index in [1.807, 2.05) is 36.4 Å². The van der Waals surface area contributed by atoms with E-state index in [1.165, 1.54) is 5.56 Å². The van der Waals surface area contributed by atoms with Gasteiger partial charge in [-0.3, -0.25) is 0 Å². The minimum Gasteiger partial charge on any atom is -0.309 e. The van der Waals surface area contributed by atoms with E-state index in [0.29, 0.717) is 16.5 Å². The Kier molecular flexibility index (Phi) is 7.79. The number of hydrogen-bond acceptors (Lipinski definition) is 0. The molecule has 0 N–H and O–H groups in total. The molecule has 0 atom stereocenters. The largest absolute Gasteiger partial charge is 0.309 e. The molecule has 290 valence electrons. The van der Waals surface area contributed by atoms with Gasteiger partial charge in [-0.2, -0.15) is 0 Å². The zero-order valence-electron chi connectivity index (χ0n) is 36.8. The zero-order chi connectivity index (χ0) is 43.6. The van der Waals surface area contributed by atoms with Crippen LogP contribution in [0, 0.1) is 0 Å². The zero-order valence-corrected chi connectivity index (χ0v) is 33.8. The van der Waals surface area contributed by atoms with Gasteiger partial charge in [0.1, 0.15) is 0 Å². The maximum atomic E-state index is 10.2. The van der Waals surface area contributed by atoms with Gasteiger partial charge in [0.2, 0.25) is 0 Å². The van der Waals surface area contributed by atoms with Crippen LogP contribution in [-0.4, -0.2) is 9.13 Å². The fourth-order valence-electron chi connectivity index (χ4n) is 9.26. The van der Waals surface area contributed by atoms with Crippen molar-refractivity contribution in [1.29, 1.82) is 0 Å². The molecule has 12 aromatic rings. The highest BCUT2D eigenvalue weighted by Crippen LogP contribution is 2.42. The lowest BCUT2D eigenvalue weighted by Gasteiger charge is -2.11. The minimum atomic E-state index is 0.0285. The smallest absolute Gasteiger partial charge is 0.0645 e. The molecule has 0 saturated carbocycles. The van der Waals surface area contributed by atoms with Crippen molar-refractivity contribution in [3.8, 4) is 67.0 Å². The van der Waals surface area contributed by atoms with Crippen molar-refractivity contribution in [1.82, 2.24) is 9.13 Å². The molecule has 0 saturated heterocycles. The second-order valence-corrected chi connectivity index (χ2v) is 15.9. The van der Waals surface area contributed by atoms with Crippen LogP contribution < -0.4 is 0 Å². The van der Waals surface area contributed by atoms with E-state index in [4.69, 9.17) is 0 Å².